The van der Waals surface area contributed by atoms with Gasteiger partial charge in [0.25, 0.3) is 0 Å². The number of amides is 1. The van der Waals surface area contributed by atoms with Gasteiger partial charge in [-0.15, -0.1) is 0 Å². The lowest BCUT2D eigenvalue weighted by Crippen LogP contribution is -2.46. The van der Waals surface area contributed by atoms with Crippen LogP contribution in [0.5, 0.6) is 0 Å². The molecule has 36 heavy (non-hydrogen) atoms. The second kappa shape index (κ2) is 11.1. The van der Waals surface area contributed by atoms with Gasteiger partial charge in [0.2, 0.25) is 0 Å². The maximum absolute atomic E-state index is 13.2. The number of fused-ring (bicyclic) bond motifs is 1. The van der Waals surface area contributed by atoms with Crippen molar-refractivity contribution in [1.29, 1.82) is 0 Å². The van der Waals surface area contributed by atoms with Crippen molar-refractivity contribution < 1.29 is 9.53 Å². The van der Waals surface area contributed by atoms with Crippen LogP contribution in [-0.2, 0) is 4.74 Å². The average molecular weight is 482 g/mol. The molecule has 1 aliphatic heterocycles. The highest BCUT2D eigenvalue weighted by Gasteiger charge is 2.43. The monoisotopic (exact) mass is 481 g/mol. The predicted molar refractivity (Wildman–Crippen MR) is 147 cm³/mol. The number of nitrogens with one attached hydrogen (secondary N) is 1. The predicted octanol–water partition coefficient (Wildman–Crippen LogP) is 7.41. The molecule has 2 aromatic carbocycles. The number of nitrogens with zero attached hydrogens (tertiary/aromatic N) is 2. The minimum Gasteiger partial charge on any atom is -0.445 e. The third kappa shape index (κ3) is 5.51. The number of hydrogen-bond donors (Lipinski definition) is 1. The van der Waals surface area contributed by atoms with E-state index in [0.29, 0.717) is 0 Å². The highest BCUT2D eigenvalue weighted by Crippen LogP contribution is 2.39. The fourth-order valence-corrected chi connectivity index (χ4v) is 5.93. The third-order valence-electron chi connectivity index (χ3n) is 7.46. The molecule has 4 unspecified atom stereocenters. The van der Waals surface area contributed by atoms with Crippen molar-refractivity contribution >= 4 is 23.2 Å². The van der Waals surface area contributed by atoms with E-state index in [0.717, 1.165) is 72.3 Å². The summed E-state index contributed by atoms with van der Waals surface area (Å²) in [5.41, 5.74) is 6.16. The van der Waals surface area contributed by atoms with Crippen LogP contribution < -0.4 is 5.32 Å². The maximum atomic E-state index is 13.2. The molecular formula is C31H35N3O2. The van der Waals surface area contributed by atoms with E-state index < -0.39 is 6.09 Å². The maximum Gasteiger partial charge on any atom is 0.411 e. The first-order valence-electron chi connectivity index (χ1n) is 13.2. The van der Waals surface area contributed by atoms with Crippen LogP contribution in [0.1, 0.15) is 55.2 Å². The fraction of sp³-hybridized carbons (Fsp3) is 0.387. The summed E-state index contributed by atoms with van der Waals surface area (Å²) >= 11 is 0. The number of anilines is 1. The molecule has 0 spiro atoms. The molecule has 5 rings (SSSR count). The number of hydrogen-bond acceptors (Lipinski definition) is 4. The molecular weight excluding hydrogens is 446 g/mol. The largest absolute Gasteiger partial charge is 0.445 e. The van der Waals surface area contributed by atoms with E-state index in [9.17, 15) is 4.79 Å². The normalized spacial score (nSPS) is 25.6. The smallest absolute Gasteiger partial charge is 0.411 e. The van der Waals surface area contributed by atoms with E-state index in [2.05, 4.69) is 60.0 Å². The average Bonchev–Trinajstić information content (AvgIpc) is 2.86. The van der Waals surface area contributed by atoms with Crippen LogP contribution in [0.3, 0.4) is 0 Å². The molecule has 3 aliphatic rings. The summed E-state index contributed by atoms with van der Waals surface area (Å²) in [4.78, 5) is 13.2. The van der Waals surface area contributed by atoms with Gasteiger partial charge >= 0.3 is 6.09 Å². The first-order valence-corrected chi connectivity index (χ1v) is 13.2. The van der Waals surface area contributed by atoms with Crippen molar-refractivity contribution in [3.63, 3.8) is 0 Å². The molecule has 1 amide bonds. The van der Waals surface area contributed by atoms with Crippen LogP contribution in [0.25, 0.3) is 0 Å². The van der Waals surface area contributed by atoms with Crippen LogP contribution in [0.2, 0.25) is 0 Å². The van der Waals surface area contributed by atoms with Gasteiger partial charge in [0.15, 0.2) is 0 Å². The van der Waals surface area contributed by atoms with Crippen LogP contribution in [0.4, 0.5) is 10.5 Å². The minimum atomic E-state index is -0.397. The fourth-order valence-electron chi connectivity index (χ4n) is 5.93. The van der Waals surface area contributed by atoms with E-state index in [1.807, 2.05) is 32.0 Å². The summed E-state index contributed by atoms with van der Waals surface area (Å²) < 4.78 is 6.26. The van der Waals surface area contributed by atoms with Gasteiger partial charge in [0.05, 0.1) is 11.4 Å². The number of carbonyl (C=O) groups is 1. The van der Waals surface area contributed by atoms with E-state index >= 15 is 0 Å². The van der Waals surface area contributed by atoms with Gasteiger partial charge < -0.3 is 4.74 Å². The Morgan fingerprint density at radius 1 is 0.944 bits per heavy atom. The molecule has 5 heteroatoms. The van der Waals surface area contributed by atoms with E-state index in [4.69, 9.17) is 14.9 Å². The lowest BCUT2D eigenvalue weighted by molar-refractivity contribution is 0.0664. The molecule has 0 radical (unpaired) electrons. The van der Waals surface area contributed by atoms with E-state index in [-0.39, 0.29) is 23.9 Å². The molecule has 1 N–H and O–H groups in total. The van der Waals surface area contributed by atoms with Gasteiger partial charge in [0, 0.05) is 23.4 Å². The summed E-state index contributed by atoms with van der Waals surface area (Å²) in [6.45, 7) is 4.06. The molecule has 4 atom stereocenters. The highest BCUT2D eigenvalue weighted by molar-refractivity contribution is 6.08. The first-order chi connectivity index (χ1) is 17.6. The Balaban J connectivity index is 1.47. The lowest BCUT2D eigenvalue weighted by atomic mass is 9.69. The quantitative estimate of drug-likeness (QED) is 0.494. The number of allylic oxidation sites excluding steroid dienone is 4. The van der Waals surface area contributed by atoms with Crippen molar-refractivity contribution in [2.24, 2.45) is 28.0 Å². The molecule has 1 heterocycles. The molecule has 2 aromatic rings. The van der Waals surface area contributed by atoms with Crippen LogP contribution in [-0.4, -0.2) is 23.6 Å². The summed E-state index contributed by atoms with van der Waals surface area (Å²) in [5, 5.41) is 12.6. The molecule has 0 aromatic heterocycles. The van der Waals surface area contributed by atoms with Crippen molar-refractivity contribution in [3.8, 4) is 0 Å². The standard InChI is InChI=1S/C31H35N3O2/c1-21-18-22(2)20-25(19-21)32-31(35)36-27-17-11-5-10-16-26-28(27)30(24-14-8-4-9-15-24)34-33-29(26)23-12-6-3-7-13-23/h3-4,6-9,12-14,18-20,24,26-28H,5,10-11,15-17H2,1-2H3,(H,32,35). The third-order valence-corrected chi connectivity index (χ3v) is 7.46. The number of aryl methyl sites for hydroxylation is 2. The summed E-state index contributed by atoms with van der Waals surface area (Å²) in [6.07, 6.45) is 14.0. The van der Waals surface area contributed by atoms with Crippen molar-refractivity contribution in [1.82, 2.24) is 0 Å². The SMILES string of the molecule is Cc1cc(C)cc(NC(=O)OC2CCCCCC3C(c4ccccc4)=NN=C(C4C=CC=CC4)C23)c1. The van der Waals surface area contributed by atoms with Crippen molar-refractivity contribution in [2.45, 2.75) is 58.5 Å². The molecule has 186 valence electrons. The van der Waals surface area contributed by atoms with Gasteiger partial charge in [-0.1, -0.05) is 73.5 Å². The van der Waals surface area contributed by atoms with Gasteiger partial charge in [-0.05, 0) is 68.4 Å². The van der Waals surface area contributed by atoms with Crippen LogP contribution >= 0.6 is 0 Å². The molecule has 2 aliphatic carbocycles. The number of rotatable bonds is 4. The van der Waals surface area contributed by atoms with Crippen LogP contribution in [0, 0.1) is 31.6 Å². The highest BCUT2D eigenvalue weighted by atomic mass is 16.6. The Morgan fingerprint density at radius 2 is 1.72 bits per heavy atom. The Labute approximate surface area is 214 Å². The van der Waals surface area contributed by atoms with Crippen molar-refractivity contribution in [3.05, 3.63) is 89.5 Å². The minimum absolute atomic E-state index is 0.00384. The molecule has 5 nitrogen and oxygen atoms in total. The summed E-state index contributed by atoms with van der Waals surface area (Å²) in [5.74, 6) is 0.347. The van der Waals surface area contributed by atoms with Gasteiger partial charge in [-0.3, -0.25) is 5.32 Å². The van der Waals surface area contributed by atoms with Crippen molar-refractivity contribution in [2.75, 3.05) is 5.32 Å². The first kappa shape index (κ1) is 24.2. The second-order valence-electron chi connectivity index (χ2n) is 10.2. The van der Waals surface area contributed by atoms with E-state index in [1.54, 1.807) is 0 Å². The summed E-state index contributed by atoms with van der Waals surface area (Å²) in [7, 11) is 0. The zero-order chi connectivity index (χ0) is 24.9. The Kier molecular flexibility index (Phi) is 7.45. The van der Waals surface area contributed by atoms with E-state index in [1.165, 1.54) is 0 Å². The zero-order valence-corrected chi connectivity index (χ0v) is 21.2. The number of ether oxygens (including phenoxy) is 1. The summed E-state index contributed by atoms with van der Waals surface area (Å²) in [6, 6.07) is 16.4. The number of benzene rings is 2. The second-order valence-corrected chi connectivity index (χ2v) is 10.2. The molecule has 0 saturated heterocycles. The topological polar surface area (TPSA) is 63.0 Å². The number of carbonyl (C=O) groups excluding carboxylic acids is 1. The lowest BCUT2D eigenvalue weighted by Gasteiger charge is -2.40. The Hall–Kier alpha value is -3.47. The van der Waals surface area contributed by atoms with Gasteiger partial charge in [0.1, 0.15) is 6.10 Å². The zero-order valence-electron chi connectivity index (χ0n) is 21.2. The van der Waals surface area contributed by atoms with Gasteiger partial charge in [-0.2, -0.15) is 10.2 Å². The Morgan fingerprint density at radius 3 is 2.47 bits per heavy atom. The molecule has 1 fully saturated rings. The molecule has 0 bridgehead atoms. The van der Waals surface area contributed by atoms with Gasteiger partial charge in [-0.25, -0.2) is 4.79 Å². The van der Waals surface area contributed by atoms with Crippen LogP contribution in [0.15, 0.2) is 83.0 Å². The Bertz CT molecular complexity index is 1190. The molecule has 1 saturated carbocycles.